The summed E-state index contributed by atoms with van der Waals surface area (Å²) in [6, 6.07) is 12.0. The van der Waals surface area contributed by atoms with Crippen LogP contribution in [0.4, 0.5) is 0 Å². The van der Waals surface area contributed by atoms with E-state index in [2.05, 4.69) is 23.2 Å². The van der Waals surface area contributed by atoms with Crippen LogP contribution < -0.4 is 4.74 Å². The van der Waals surface area contributed by atoms with Crippen molar-refractivity contribution in [2.24, 2.45) is 0 Å². The summed E-state index contributed by atoms with van der Waals surface area (Å²) < 4.78 is 23.2. The van der Waals surface area contributed by atoms with Crippen LogP contribution >= 0.6 is 11.6 Å². The molecule has 3 saturated heterocycles. The van der Waals surface area contributed by atoms with E-state index in [9.17, 15) is 10.4 Å². The zero-order valence-corrected chi connectivity index (χ0v) is 19.1. The lowest BCUT2D eigenvalue weighted by Gasteiger charge is -2.23. The topological polar surface area (TPSA) is 110 Å². The third-order valence-electron chi connectivity index (χ3n) is 6.79. The Bertz CT molecular complexity index is 1250. The van der Waals surface area contributed by atoms with Gasteiger partial charge in [0.2, 0.25) is 5.88 Å². The van der Waals surface area contributed by atoms with Crippen LogP contribution in [0, 0.1) is 11.3 Å². The van der Waals surface area contributed by atoms with Gasteiger partial charge in [0.1, 0.15) is 35.5 Å². The van der Waals surface area contributed by atoms with E-state index in [0.717, 1.165) is 30.6 Å². The fourth-order valence-electron chi connectivity index (χ4n) is 5.02. The number of H-pyrrole nitrogens is 1. The van der Waals surface area contributed by atoms with E-state index >= 15 is 0 Å². The Hall–Kier alpha value is -2.67. The van der Waals surface area contributed by atoms with Crippen LogP contribution in [0.15, 0.2) is 30.3 Å². The van der Waals surface area contributed by atoms with E-state index < -0.39 is 18.3 Å². The van der Waals surface area contributed by atoms with Gasteiger partial charge in [-0.1, -0.05) is 35.9 Å². The lowest BCUT2D eigenvalue weighted by atomic mass is 9.99. The Morgan fingerprint density at radius 2 is 1.94 bits per heavy atom. The molecule has 3 aromatic rings. The molecule has 0 amide bonds. The van der Waals surface area contributed by atoms with Gasteiger partial charge in [0.25, 0.3) is 0 Å². The number of fused-ring (bicyclic) bond motifs is 2. The van der Waals surface area contributed by atoms with Gasteiger partial charge in [0, 0.05) is 12.2 Å². The first-order valence-electron chi connectivity index (χ1n) is 11.5. The number of aliphatic hydroxyl groups is 1. The summed E-state index contributed by atoms with van der Waals surface area (Å²) >= 11 is 6.59. The molecule has 5 heterocycles. The first-order chi connectivity index (χ1) is 16.6. The molecular formula is C25H24ClN3O5. The summed E-state index contributed by atoms with van der Waals surface area (Å²) in [7, 11) is 0. The van der Waals surface area contributed by atoms with Gasteiger partial charge < -0.3 is 29.0 Å². The fourth-order valence-corrected chi connectivity index (χ4v) is 5.28. The van der Waals surface area contributed by atoms with Crippen LogP contribution in [0.2, 0.25) is 5.02 Å². The molecule has 2 aromatic heterocycles. The van der Waals surface area contributed by atoms with Crippen molar-refractivity contribution in [3.05, 3.63) is 46.5 Å². The van der Waals surface area contributed by atoms with Gasteiger partial charge >= 0.3 is 0 Å². The number of rotatable bonds is 4. The number of aliphatic hydroxyl groups excluding tert-OH is 1. The number of halogens is 1. The predicted octanol–water partition coefficient (Wildman–Crippen LogP) is 3.90. The van der Waals surface area contributed by atoms with Crippen LogP contribution in [0.25, 0.3) is 22.3 Å². The first kappa shape index (κ1) is 21.8. The smallest absolute Gasteiger partial charge is 0.212 e. The van der Waals surface area contributed by atoms with Gasteiger partial charge in [-0.15, -0.1) is 0 Å². The predicted molar refractivity (Wildman–Crippen MR) is 124 cm³/mol. The standard InChI is InChI=1S/C25H24ClN3O5/c26-16-9-17-22(29-21(16)14-6-4-13(5-7-14)19-3-1-2-8-31-19)15(10-27)25(28-17)34-20-12-33-23-18(30)11-32-24(20)23/h4-7,9,18-20,23-24,28,30H,1-3,8,11-12H2/t18-,19?,20-,23-,24-/m1/s1. The normalized spacial score (nSPS) is 28.7. The van der Waals surface area contributed by atoms with Crippen molar-refractivity contribution >= 4 is 22.6 Å². The second-order valence-electron chi connectivity index (χ2n) is 8.95. The van der Waals surface area contributed by atoms with Gasteiger partial charge in [0.05, 0.1) is 35.6 Å². The molecule has 3 aliphatic heterocycles. The lowest BCUT2D eigenvalue weighted by molar-refractivity contribution is 0.00789. The summed E-state index contributed by atoms with van der Waals surface area (Å²) in [5, 5.41) is 20.3. The summed E-state index contributed by atoms with van der Waals surface area (Å²) in [6.07, 6.45) is 1.54. The highest BCUT2D eigenvalue weighted by Crippen LogP contribution is 2.37. The van der Waals surface area contributed by atoms with Crippen LogP contribution in [0.1, 0.15) is 36.5 Å². The number of nitrogens with zero attached hydrogens (tertiary/aromatic N) is 2. The van der Waals surface area contributed by atoms with Crippen LogP contribution in [-0.4, -0.2) is 59.3 Å². The fraction of sp³-hybridized carbons (Fsp3) is 0.440. The number of hydrogen-bond acceptors (Lipinski definition) is 7. The third kappa shape index (κ3) is 3.74. The Labute approximate surface area is 201 Å². The molecule has 0 spiro atoms. The second-order valence-corrected chi connectivity index (χ2v) is 9.36. The molecule has 176 valence electrons. The van der Waals surface area contributed by atoms with Gasteiger partial charge in [-0.25, -0.2) is 4.98 Å². The minimum Gasteiger partial charge on any atom is -0.469 e. The average Bonchev–Trinajstić information content (AvgIpc) is 3.54. The summed E-state index contributed by atoms with van der Waals surface area (Å²) in [5.74, 6) is 0.294. The molecule has 1 unspecified atom stereocenters. The van der Waals surface area contributed by atoms with Crippen molar-refractivity contribution in [1.29, 1.82) is 5.26 Å². The number of ether oxygens (including phenoxy) is 4. The van der Waals surface area contributed by atoms with Gasteiger partial charge in [-0.05, 0) is 30.9 Å². The van der Waals surface area contributed by atoms with Gasteiger partial charge in [-0.2, -0.15) is 5.26 Å². The second kappa shape index (κ2) is 8.84. The number of aromatic nitrogens is 2. The highest BCUT2D eigenvalue weighted by atomic mass is 35.5. The lowest BCUT2D eigenvalue weighted by Crippen LogP contribution is -2.34. The maximum absolute atomic E-state index is 9.96. The number of pyridine rings is 1. The zero-order valence-electron chi connectivity index (χ0n) is 18.4. The maximum Gasteiger partial charge on any atom is 0.212 e. The molecule has 0 radical (unpaired) electrons. The van der Waals surface area contributed by atoms with E-state index in [1.807, 2.05) is 12.1 Å². The zero-order chi connectivity index (χ0) is 23.2. The molecule has 8 nitrogen and oxygen atoms in total. The Morgan fingerprint density at radius 3 is 2.71 bits per heavy atom. The molecule has 0 bridgehead atoms. The van der Waals surface area contributed by atoms with Crippen molar-refractivity contribution in [3.63, 3.8) is 0 Å². The molecular weight excluding hydrogens is 458 g/mol. The number of aromatic amines is 1. The average molecular weight is 482 g/mol. The summed E-state index contributed by atoms with van der Waals surface area (Å²) in [6.45, 7) is 1.27. The molecule has 9 heteroatoms. The monoisotopic (exact) mass is 481 g/mol. The quantitative estimate of drug-likeness (QED) is 0.581. The Kier molecular flexibility index (Phi) is 5.68. The van der Waals surface area contributed by atoms with E-state index in [-0.39, 0.29) is 25.4 Å². The molecule has 0 saturated carbocycles. The molecule has 5 atom stereocenters. The number of hydrogen-bond donors (Lipinski definition) is 2. The van der Waals surface area contributed by atoms with Gasteiger partial charge in [0.15, 0.2) is 6.10 Å². The van der Waals surface area contributed by atoms with Crippen molar-refractivity contribution in [2.45, 2.75) is 49.8 Å². The Morgan fingerprint density at radius 1 is 1.12 bits per heavy atom. The summed E-state index contributed by atoms with van der Waals surface area (Å²) in [5.41, 5.74) is 3.99. The molecule has 34 heavy (non-hydrogen) atoms. The van der Waals surface area contributed by atoms with Crippen LogP contribution in [0.5, 0.6) is 5.88 Å². The molecule has 1 aromatic carbocycles. The van der Waals surface area contributed by atoms with Crippen molar-refractivity contribution < 1.29 is 24.1 Å². The van der Waals surface area contributed by atoms with Gasteiger partial charge in [-0.3, -0.25) is 0 Å². The number of nitrogens with one attached hydrogen (secondary N) is 1. The highest BCUT2D eigenvalue weighted by Gasteiger charge is 2.48. The molecule has 3 aliphatic rings. The van der Waals surface area contributed by atoms with Crippen molar-refractivity contribution in [1.82, 2.24) is 9.97 Å². The van der Waals surface area contributed by atoms with E-state index in [1.54, 1.807) is 6.07 Å². The SMILES string of the molecule is N#Cc1c(O[C@@H]2CO[C@H]3[C@@H]2OC[C@H]3O)[nH]c2cc(Cl)c(-c3ccc(C4CCCCO4)cc3)nc12. The number of nitriles is 1. The number of benzene rings is 1. The van der Waals surface area contributed by atoms with Crippen LogP contribution in [-0.2, 0) is 14.2 Å². The molecule has 0 aliphatic carbocycles. The Balaban J connectivity index is 1.30. The summed E-state index contributed by atoms with van der Waals surface area (Å²) in [4.78, 5) is 7.86. The van der Waals surface area contributed by atoms with E-state index in [4.69, 9.17) is 35.5 Å². The minimum absolute atomic E-state index is 0.132. The van der Waals surface area contributed by atoms with Crippen molar-refractivity contribution in [2.75, 3.05) is 19.8 Å². The van der Waals surface area contributed by atoms with Crippen LogP contribution in [0.3, 0.4) is 0 Å². The van der Waals surface area contributed by atoms with E-state index in [0.29, 0.717) is 33.2 Å². The maximum atomic E-state index is 9.96. The van der Waals surface area contributed by atoms with E-state index in [1.165, 1.54) is 6.42 Å². The van der Waals surface area contributed by atoms with Crippen molar-refractivity contribution in [3.8, 4) is 23.2 Å². The molecule has 3 fully saturated rings. The first-order valence-corrected chi connectivity index (χ1v) is 11.9. The third-order valence-corrected chi connectivity index (χ3v) is 7.07. The molecule has 2 N–H and O–H groups in total. The minimum atomic E-state index is -0.671. The molecule has 6 rings (SSSR count). The largest absolute Gasteiger partial charge is 0.469 e. The highest BCUT2D eigenvalue weighted by molar-refractivity contribution is 6.33.